The van der Waals surface area contributed by atoms with Gasteiger partial charge in [0.25, 0.3) is 0 Å². The quantitative estimate of drug-likeness (QED) is 0.900. The van der Waals surface area contributed by atoms with E-state index < -0.39 is 0 Å². The molecule has 0 radical (unpaired) electrons. The molecule has 2 unspecified atom stereocenters. The lowest BCUT2D eigenvalue weighted by atomic mass is 9.98. The summed E-state index contributed by atoms with van der Waals surface area (Å²) in [5.41, 5.74) is 1.56. The Labute approximate surface area is 119 Å². The van der Waals surface area contributed by atoms with Gasteiger partial charge < -0.3 is 5.32 Å². The molecule has 1 aromatic carbocycles. The van der Waals surface area contributed by atoms with Gasteiger partial charge in [0.1, 0.15) is 6.07 Å². The summed E-state index contributed by atoms with van der Waals surface area (Å²) in [4.78, 5) is 2.58. The second kappa shape index (κ2) is 5.40. The Hall–Kier alpha value is -1.24. The van der Waals surface area contributed by atoms with Crippen LogP contribution in [0.2, 0.25) is 5.02 Å². The third kappa shape index (κ3) is 2.56. The Kier molecular flexibility index (Phi) is 3.63. The van der Waals surface area contributed by atoms with E-state index in [9.17, 15) is 5.26 Å². The summed E-state index contributed by atoms with van der Waals surface area (Å²) in [6.45, 7) is 2.40. The van der Waals surface area contributed by atoms with Crippen LogP contribution in [0.5, 0.6) is 0 Å². The summed E-state index contributed by atoms with van der Waals surface area (Å²) in [5.74, 6) is 0. The molecule has 19 heavy (non-hydrogen) atoms. The maximum Gasteiger partial charge on any atom is 0.101 e. The maximum absolute atomic E-state index is 9.17. The van der Waals surface area contributed by atoms with Crippen molar-refractivity contribution in [2.24, 2.45) is 0 Å². The van der Waals surface area contributed by atoms with Crippen LogP contribution >= 0.6 is 11.6 Å². The predicted octanol–water partition coefficient (Wildman–Crippen LogP) is 3.25. The second-order valence-corrected chi connectivity index (χ2v) is 5.88. The summed E-state index contributed by atoms with van der Waals surface area (Å²) in [6, 6.07) is 8.74. The van der Waals surface area contributed by atoms with Crippen molar-refractivity contribution in [2.45, 2.75) is 37.8 Å². The van der Waals surface area contributed by atoms with Crippen molar-refractivity contribution in [1.29, 1.82) is 5.26 Å². The molecular formula is C15H18ClN3. The predicted molar refractivity (Wildman–Crippen MR) is 77.4 cm³/mol. The molecule has 1 N–H and O–H groups in total. The van der Waals surface area contributed by atoms with Crippen LogP contribution in [0.3, 0.4) is 0 Å². The van der Waals surface area contributed by atoms with Crippen LogP contribution in [0.1, 0.15) is 31.2 Å². The Morgan fingerprint density at radius 1 is 1.26 bits per heavy atom. The van der Waals surface area contributed by atoms with E-state index in [4.69, 9.17) is 11.6 Å². The molecule has 0 aromatic heterocycles. The fourth-order valence-corrected chi connectivity index (χ4v) is 3.52. The Morgan fingerprint density at radius 3 is 3.00 bits per heavy atom. The van der Waals surface area contributed by atoms with E-state index in [1.807, 2.05) is 6.07 Å². The first kappa shape index (κ1) is 12.8. The van der Waals surface area contributed by atoms with Crippen molar-refractivity contribution in [1.82, 2.24) is 4.90 Å². The molecule has 0 bridgehead atoms. The van der Waals surface area contributed by atoms with Gasteiger partial charge in [-0.3, -0.25) is 4.90 Å². The fraction of sp³-hybridized carbons (Fsp3) is 0.533. The number of rotatable bonds is 2. The summed E-state index contributed by atoms with van der Waals surface area (Å²) >= 11 is 6.04. The number of fused-ring (bicyclic) bond motifs is 1. The van der Waals surface area contributed by atoms with Gasteiger partial charge in [0.2, 0.25) is 0 Å². The van der Waals surface area contributed by atoms with E-state index in [0.717, 1.165) is 12.1 Å². The average molecular weight is 276 g/mol. The molecule has 2 aliphatic rings. The normalized spacial score (nSPS) is 26.7. The minimum Gasteiger partial charge on any atom is -0.380 e. The zero-order chi connectivity index (χ0) is 13.2. The van der Waals surface area contributed by atoms with E-state index >= 15 is 0 Å². The van der Waals surface area contributed by atoms with Gasteiger partial charge in [-0.15, -0.1) is 0 Å². The van der Waals surface area contributed by atoms with E-state index in [0.29, 0.717) is 22.7 Å². The molecule has 0 amide bonds. The van der Waals surface area contributed by atoms with Gasteiger partial charge in [-0.05, 0) is 44.0 Å². The molecule has 0 saturated carbocycles. The second-order valence-electron chi connectivity index (χ2n) is 5.44. The van der Waals surface area contributed by atoms with Crippen LogP contribution in [0.25, 0.3) is 0 Å². The topological polar surface area (TPSA) is 39.1 Å². The van der Waals surface area contributed by atoms with Crippen molar-refractivity contribution >= 4 is 17.3 Å². The molecule has 2 aliphatic heterocycles. The van der Waals surface area contributed by atoms with Crippen LogP contribution in [0, 0.1) is 11.3 Å². The highest BCUT2D eigenvalue weighted by molar-refractivity contribution is 6.30. The molecule has 0 spiro atoms. The van der Waals surface area contributed by atoms with Gasteiger partial charge in [0.05, 0.1) is 11.3 Å². The first-order valence-corrected chi connectivity index (χ1v) is 7.36. The van der Waals surface area contributed by atoms with Crippen molar-refractivity contribution in [3.8, 4) is 6.07 Å². The number of hydrogen-bond acceptors (Lipinski definition) is 3. The number of hydrogen-bond donors (Lipinski definition) is 1. The van der Waals surface area contributed by atoms with Gasteiger partial charge in [-0.2, -0.15) is 5.26 Å². The molecule has 2 heterocycles. The SMILES string of the molecule is N#Cc1ccc(Cl)cc1NC1CCN2CCCCC12. The summed E-state index contributed by atoms with van der Waals surface area (Å²) < 4.78 is 0. The first-order valence-electron chi connectivity index (χ1n) is 6.98. The molecule has 2 fully saturated rings. The van der Waals surface area contributed by atoms with Crippen molar-refractivity contribution in [3.05, 3.63) is 28.8 Å². The highest BCUT2D eigenvalue weighted by Crippen LogP contribution is 2.30. The highest BCUT2D eigenvalue weighted by atomic mass is 35.5. The smallest absolute Gasteiger partial charge is 0.101 e. The number of halogens is 1. The van der Waals surface area contributed by atoms with Crippen molar-refractivity contribution in [2.75, 3.05) is 18.4 Å². The van der Waals surface area contributed by atoms with Crippen LogP contribution < -0.4 is 5.32 Å². The van der Waals surface area contributed by atoms with Gasteiger partial charge >= 0.3 is 0 Å². The van der Waals surface area contributed by atoms with Gasteiger partial charge in [0, 0.05) is 23.7 Å². The molecule has 2 atom stereocenters. The molecular weight excluding hydrogens is 258 g/mol. The van der Waals surface area contributed by atoms with E-state index in [1.54, 1.807) is 12.1 Å². The van der Waals surface area contributed by atoms with Crippen LogP contribution in [0.4, 0.5) is 5.69 Å². The molecule has 3 nitrogen and oxygen atoms in total. The first-order chi connectivity index (χ1) is 9.28. The third-order valence-electron chi connectivity index (χ3n) is 4.30. The Morgan fingerprint density at radius 2 is 2.16 bits per heavy atom. The summed E-state index contributed by atoms with van der Waals surface area (Å²) in [6.07, 6.45) is 5.06. The largest absolute Gasteiger partial charge is 0.380 e. The average Bonchev–Trinajstić information content (AvgIpc) is 2.83. The lowest BCUT2D eigenvalue weighted by molar-refractivity contribution is 0.193. The number of nitrogens with zero attached hydrogens (tertiary/aromatic N) is 2. The van der Waals surface area contributed by atoms with Crippen molar-refractivity contribution in [3.63, 3.8) is 0 Å². The number of benzene rings is 1. The minimum atomic E-state index is 0.450. The monoisotopic (exact) mass is 275 g/mol. The summed E-state index contributed by atoms with van der Waals surface area (Å²) in [5, 5.41) is 13.4. The number of piperidine rings is 1. The molecule has 2 saturated heterocycles. The minimum absolute atomic E-state index is 0.450. The molecule has 4 heteroatoms. The van der Waals surface area contributed by atoms with E-state index in [-0.39, 0.29) is 0 Å². The molecule has 100 valence electrons. The molecule has 0 aliphatic carbocycles. The Balaban J connectivity index is 1.78. The van der Waals surface area contributed by atoms with Crippen molar-refractivity contribution < 1.29 is 0 Å². The lowest BCUT2D eigenvalue weighted by Gasteiger charge is -2.33. The van der Waals surface area contributed by atoms with Gasteiger partial charge in [0.15, 0.2) is 0 Å². The van der Waals surface area contributed by atoms with Crippen LogP contribution in [0.15, 0.2) is 18.2 Å². The highest BCUT2D eigenvalue weighted by Gasteiger charge is 2.35. The van der Waals surface area contributed by atoms with Crippen LogP contribution in [-0.4, -0.2) is 30.1 Å². The van der Waals surface area contributed by atoms with E-state index in [2.05, 4.69) is 16.3 Å². The molecule has 3 rings (SSSR count). The van der Waals surface area contributed by atoms with Crippen LogP contribution in [-0.2, 0) is 0 Å². The lowest BCUT2D eigenvalue weighted by Crippen LogP contribution is -2.41. The van der Waals surface area contributed by atoms with Gasteiger partial charge in [-0.1, -0.05) is 18.0 Å². The zero-order valence-electron chi connectivity index (χ0n) is 10.9. The van der Waals surface area contributed by atoms with E-state index in [1.165, 1.54) is 32.4 Å². The Bertz CT molecular complexity index is 509. The number of nitriles is 1. The zero-order valence-corrected chi connectivity index (χ0v) is 11.7. The molecule has 1 aromatic rings. The number of nitrogens with one attached hydrogen (secondary N) is 1. The maximum atomic E-state index is 9.17. The number of anilines is 1. The standard InChI is InChI=1S/C15H18ClN3/c16-12-5-4-11(10-17)14(9-12)18-13-6-8-19-7-2-1-3-15(13)19/h4-5,9,13,15,18H,1-3,6-8H2. The third-order valence-corrected chi connectivity index (χ3v) is 4.53. The fourth-order valence-electron chi connectivity index (χ4n) is 3.35. The summed E-state index contributed by atoms with van der Waals surface area (Å²) in [7, 11) is 0. The van der Waals surface area contributed by atoms with Gasteiger partial charge in [-0.25, -0.2) is 0 Å².